The van der Waals surface area contributed by atoms with Crippen molar-refractivity contribution in [3.63, 3.8) is 0 Å². The molecule has 4 atom stereocenters. The summed E-state index contributed by atoms with van der Waals surface area (Å²) in [6.07, 6.45) is 14.2. The molecule has 0 spiro atoms. The molecule has 0 radical (unpaired) electrons. The third kappa shape index (κ3) is 4.24. The first-order chi connectivity index (χ1) is 8.79. The van der Waals surface area contributed by atoms with Crippen LogP contribution in [0.5, 0.6) is 0 Å². The summed E-state index contributed by atoms with van der Waals surface area (Å²) < 4.78 is 0. The highest BCUT2D eigenvalue weighted by atomic mass is 16.3. The summed E-state index contributed by atoms with van der Waals surface area (Å²) >= 11 is 0. The molecule has 2 aliphatic rings. The number of aliphatic hydroxyl groups is 1. The molecule has 0 aromatic carbocycles. The Labute approximate surface area is 113 Å². The van der Waals surface area contributed by atoms with Gasteiger partial charge in [-0.05, 0) is 38.0 Å². The number of hydrogen-bond acceptors (Lipinski definition) is 2. The zero-order chi connectivity index (χ0) is 12.8. The van der Waals surface area contributed by atoms with Crippen LogP contribution in [0.3, 0.4) is 0 Å². The maximum atomic E-state index is 10.0. The summed E-state index contributed by atoms with van der Waals surface area (Å²) in [5, 5.41) is 13.8. The quantitative estimate of drug-likeness (QED) is 0.750. The molecule has 2 fully saturated rings. The molecule has 2 saturated carbocycles. The van der Waals surface area contributed by atoms with Gasteiger partial charge in [0.1, 0.15) is 0 Å². The van der Waals surface area contributed by atoms with Gasteiger partial charge in [-0.3, -0.25) is 0 Å². The summed E-state index contributed by atoms with van der Waals surface area (Å²) in [5.74, 6) is 0.970. The molecule has 0 aromatic rings. The van der Waals surface area contributed by atoms with Gasteiger partial charge in [0, 0.05) is 12.1 Å². The predicted molar refractivity (Wildman–Crippen MR) is 76.7 cm³/mol. The normalized spacial score (nSPS) is 38.3. The summed E-state index contributed by atoms with van der Waals surface area (Å²) in [5.41, 5.74) is 0. The summed E-state index contributed by atoms with van der Waals surface area (Å²) in [6, 6.07) is 1.05. The van der Waals surface area contributed by atoms with E-state index in [0.717, 1.165) is 12.3 Å². The Morgan fingerprint density at radius 2 is 1.78 bits per heavy atom. The summed E-state index contributed by atoms with van der Waals surface area (Å²) in [4.78, 5) is 0. The Balaban J connectivity index is 1.75. The van der Waals surface area contributed by atoms with Crippen molar-refractivity contribution in [2.75, 3.05) is 0 Å². The first-order valence-electron chi connectivity index (χ1n) is 8.23. The second-order valence-corrected chi connectivity index (χ2v) is 6.48. The summed E-state index contributed by atoms with van der Waals surface area (Å²) in [6.45, 7) is 2.30. The molecule has 106 valence electrons. The van der Waals surface area contributed by atoms with Crippen LogP contribution in [0.15, 0.2) is 0 Å². The highest BCUT2D eigenvalue weighted by Gasteiger charge is 2.26. The molecule has 2 aliphatic carbocycles. The zero-order valence-electron chi connectivity index (χ0n) is 12.0. The Morgan fingerprint density at radius 1 is 0.944 bits per heavy atom. The van der Waals surface area contributed by atoms with Crippen molar-refractivity contribution in [1.82, 2.24) is 5.32 Å². The smallest absolute Gasteiger partial charge is 0.0693 e. The van der Waals surface area contributed by atoms with Crippen LogP contribution in [0.4, 0.5) is 0 Å². The number of hydrogen-bond donors (Lipinski definition) is 2. The molecule has 0 aliphatic heterocycles. The van der Waals surface area contributed by atoms with Crippen molar-refractivity contribution in [2.45, 2.75) is 95.7 Å². The van der Waals surface area contributed by atoms with Crippen LogP contribution in [0.2, 0.25) is 0 Å². The third-order valence-electron chi connectivity index (χ3n) is 4.96. The molecule has 2 N–H and O–H groups in total. The molecule has 0 aromatic heterocycles. The SMILES string of the molecule is CCCC1CCCC(NC2CCCCC2O)CC1. The van der Waals surface area contributed by atoms with Gasteiger partial charge in [-0.1, -0.05) is 45.4 Å². The fourth-order valence-electron chi connectivity index (χ4n) is 3.85. The number of nitrogens with one attached hydrogen (secondary N) is 1. The molecule has 0 bridgehead atoms. The first kappa shape index (κ1) is 14.3. The van der Waals surface area contributed by atoms with Crippen molar-refractivity contribution in [3.05, 3.63) is 0 Å². The molecule has 2 heteroatoms. The second kappa shape index (κ2) is 7.49. The van der Waals surface area contributed by atoms with Gasteiger partial charge >= 0.3 is 0 Å². The Morgan fingerprint density at radius 3 is 2.56 bits per heavy atom. The molecule has 18 heavy (non-hydrogen) atoms. The minimum atomic E-state index is -0.0894. The minimum absolute atomic E-state index is 0.0894. The van der Waals surface area contributed by atoms with Crippen molar-refractivity contribution in [2.24, 2.45) is 5.92 Å². The predicted octanol–water partition coefficient (Wildman–Crippen LogP) is 3.63. The second-order valence-electron chi connectivity index (χ2n) is 6.48. The van der Waals surface area contributed by atoms with E-state index in [2.05, 4.69) is 12.2 Å². The minimum Gasteiger partial charge on any atom is -0.392 e. The van der Waals surface area contributed by atoms with Gasteiger partial charge in [0.15, 0.2) is 0 Å². The van der Waals surface area contributed by atoms with Crippen molar-refractivity contribution in [1.29, 1.82) is 0 Å². The van der Waals surface area contributed by atoms with Crippen LogP contribution >= 0.6 is 0 Å². The Kier molecular flexibility index (Phi) is 5.97. The van der Waals surface area contributed by atoms with Crippen LogP contribution in [0.1, 0.15) is 77.6 Å². The lowest BCUT2D eigenvalue weighted by Crippen LogP contribution is -2.46. The van der Waals surface area contributed by atoms with E-state index in [1.807, 2.05) is 0 Å². The fraction of sp³-hybridized carbons (Fsp3) is 1.00. The molecule has 2 nitrogen and oxygen atoms in total. The molecule has 4 unspecified atom stereocenters. The van der Waals surface area contributed by atoms with Gasteiger partial charge in [0.2, 0.25) is 0 Å². The number of aliphatic hydroxyl groups excluding tert-OH is 1. The molecule has 0 saturated heterocycles. The van der Waals surface area contributed by atoms with Crippen LogP contribution in [-0.2, 0) is 0 Å². The van der Waals surface area contributed by atoms with Gasteiger partial charge in [-0.15, -0.1) is 0 Å². The highest BCUT2D eigenvalue weighted by molar-refractivity contribution is 4.85. The van der Waals surface area contributed by atoms with Gasteiger partial charge in [-0.25, -0.2) is 0 Å². The lowest BCUT2D eigenvalue weighted by Gasteiger charge is -2.32. The maximum Gasteiger partial charge on any atom is 0.0693 e. The molecule has 2 rings (SSSR count). The fourth-order valence-corrected chi connectivity index (χ4v) is 3.85. The average molecular weight is 253 g/mol. The van der Waals surface area contributed by atoms with Gasteiger partial charge in [0.25, 0.3) is 0 Å². The lowest BCUT2D eigenvalue weighted by atomic mass is 9.91. The zero-order valence-corrected chi connectivity index (χ0v) is 12.0. The van der Waals surface area contributed by atoms with E-state index in [1.165, 1.54) is 64.2 Å². The topological polar surface area (TPSA) is 32.3 Å². The molecular formula is C16H31NO. The monoisotopic (exact) mass is 253 g/mol. The largest absolute Gasteiger partial charge is 0.392 e. The van der Waals surface area contributed by atoms with Gasteiger partial charge in [-0.2, -0.15) is 0 Å². The van der Waals surface area contributed by atoms with E-state index in [4.69, 9.17) is 0 Å². The van der Waals surface area contributed by atoms with E-state index in [0.29, 0.717) is 12.1 Å². The van der Waals surface area contributed by atoms with E-state index < -0.39 is 0 Å². The molecular weight excluding hydrogens is 222 g/mol. The third-order valence-corrected chi connectivity index (χ3v) is 4.96. The average Bonchev–Trinajstić information content (AvgIpc) is 2.59. The van der Waals surface area contributed by atoms with Crippen LogP contribution < -0.4 is 5.32 Å². The first-order valence-corrected chi connectivity index (χ1v) is 8.23. The van der Waals surface area contributed by atoms with Crippen molar-refractivity contribution >= 4 is 0 Å². The van der Waals surface area contributed by atoms with Crippen molar-refractivity contribution in [3.8, 4) is 0 Å². The van der Waals surface area contributed by atoms with E-state index in [-0.39, 0.29) is 6.10 Å². The summed E-state index contributed by atoms with van der Waals surface area (Å²) in [7, 11) is 0. The van der Waals surface area contributed by atoms with E-state index in [9.17, 15) is 5.11 Å². The van der Waals surface area contributed by atoms with E-state index >= 15 is 0 Å². The van der Waals surface area contributed by atoms with E-state index in [1.54, 1.807) is 0 Å². The molecule has 0 heterocycles. The Hall–Kier alpha value is -0.0800. The van der Waals surface area contributed by atoms with Crippen LogP contribution in [0, 0.1) is 5.92 Å². The van der Waals surface area contributed by atoms with Crippen LogP contribution in [-0.4, -0.2) is 23.3 Å². The van der Waals surface area contributed by atoms with Gasteiger partial charge in [0.05, 0.1) is 6.10 Å². The van der Waals surface area contributed by atoms with Crippen molar-refractivity contribution < 1.29 is 5.11 Å². The maximum absolute atomic E-state index is 10.0. The number of rotatable bonds is 4. The van der Waals surface area contributed by atoms with Crippen LogP contribution in [0.25, 0.3) is 0 Å². The highest BCUT2D eigenvalue weighted by Crippen LogP contribution is 2.28. The van der Waals surface area contributed by atoms with Gasteiger partial charge < -0.3 is 10.4 Å². The Bertz CT molecular complexity index is 231. The standard InChI is InChI=1S/C16H31NO/c1-2-6-13-7-5-8-14(12-11-13)17-15-9-3-4-10-16(15)18/h13-18H,2-12H2,1H3. The molecule has 0 amide bonds. The lowest BCUT2D eigenvalue weighted by molar-refractivity contribution is 0.0835.